The van der Waals surface area contributed by atoms with Gasteiger partial charge in [-0.2, -0.15) is 0 Å². The standard InChI is InChI=1S/C27H29FN2O3S/c1-27(2,3)30(26(32)20-7-5-6-8-22(20)28)17-24(31)29-15-13-23-21(14-16-34-23)25(29)18-9-11-19(33-4)12-10-18/h5-12,14,16,25H,13,15,17H2,1-4H3. The van der Waals surface area contributed by atoms with E-state index < -0.39 is 17.3 Å². The van der Waals surface area contributed by atoms with Crippen LogP contribution in [0.3, 0.4) is 0 Å². The zero-order chi connectivity index (χ0) is 24.5. The van der Waals surface area contributed by atoms with Gasteiger partial charge in [-0.05, 0) is 74.0 Å². The second-order valence-corrected chi connectivity index (χ2v) is 10.4. The van der Waals surface area contributed by atoms with Crippen LogP contribution < -0.4 is 4.74 Å². The summed E-state index contributed by atoms with van der Waals surface area (Å²) >= 11 is 1.70. The molecule has 1 aliphatic rings. The van der Waals surface area contributed by atoms with E-state index >= 15 is 0 Å². The number of methoxy groups -OCH3 is 1. The van der Waals surface area contributed by atoms with Crippen LogP contribution in [0, 0.1) is 5.82 Å². The lowest BCUT2D eigenvalue weighted by Gasteiger charge is -2.40. The van der Waals surface area contributed by atoms with Gasteiger partial charge in [0.1, 0.15) is 18.1 Å². The largest absolute Gasteiger partial charge is 0.497 e. The van der Waals surface area contributed by atoms with E-state index in [1.165, 1.54) is 21.9 Å². The topological polar surface area (TPSA) is 49.9 Å². The summed E-state index contributed by atoms with van der Waals surface area (Å²) in [7, 11) is 1.62. The fraction of sp³-hybridized carbons (Fsp3) is 0.333. The molecule has 2 heterocycles. The summed E-state index contributed by atoms with van der Waals surface area (Å²) in [5.41, 5.74) is 1.39. The van der Waals surface area contributed by atoms with Crippen LogP contribution in [0.2, 0.25) is 0 Å². The van der Waals surface area contributed by atoms with Crippen molar-refractivity contribution >= 4 is 23.2 Å². The molecule has 0 N–H and O–H groups in total. The quantitative estimate of drug-likeness (QED) is 0.497. The number of carbonyl (C=O) groups is 2. The summed E-state index contributed by atoms with van der Waals surface area (Å²) in [5, 5.41) is 2.05. The monoisotopic (exact) mass is 480 g/mol. The normalized spacial score (nSPS) is 15.6. The van der Waals surface area contributed by atoms with Gasteiger partial charge in [0.2, 0.25) is 5.91 Å². The average Bonchev–Trinajstić information content (AvgIpc) is 3.30. The second-order valence-electron chi connectivity index (χ2n) is 9.35. The Morgan fingerprint density at radius 2 is 1.82 bits per heavy atom. The SMILES string of the molecule is COc1ccc(C2c3ccsc3CCN2C(=O)CN(C(=O)c2ccccc2F)C(C)(C)C)cc1. The van der Waals surface area contributed by atoms with Crippen molar-refractivity contribution in [1.82, 2.24) is 9.80 Å². The van der Waals surface area contributed by atoms with Gasteiger partial charge in [-0.15, -0.1) is 11.3 Å². The third kappa shape index (κ3) is 4.71. The first-order chi connectivity index (χ1) is 16.2. The third-order valence-electron chi connectivity index (χ3n) is 6.17. The van der Waals surface area contributed by atoms with Crippen molar-refractivity contribution in [3.05, 3.63) is 87.4 Å². The molecule has 34 heavy (non-hydrogen) atoms. The number of hydrogen-bond acceptors (Lipinski definition) is 4. The van der Waals surface area contributed by atoms with Crippen LogP contribution in [-0.4, -0.2) is 47.4 Å². The van der Waals surface area contributed by atoms with Crippen LogP contribution in [-0.2, 0) is 11.2 Å². The summed E-state index contributed by atoms with van der Waals surface area (Å²) < 4.78 is 19.7. The number of benzene rings is 2. The highest BCUT2D eigenvalue weighted by Gasteiger charge is 2.37. The first-order valence-corrected chi connectivity index (χ1v) is 12.1. The molecule has 0 fully saturated rings. The lowest BCUT2D eigenvalue weighted by molar-refractivity contribution is -0.135. The molecule has 2 aromatic carbocycles. The molecule has 0 spiro atoms. The average molecular weight is 481 g/mol. The van der Waals surface area contributed by atoms with Gasteiger partial charge < -0.3 is 14.5 Å². The first-order valence-electron chi connectivity index (χ1n) is 11.3. The maximum Gasteiger partial charge on any atom is 0.257 e. The number of halogens is 1. The predicted molar refractivity (Wildman–Crippen MR) is 132 cm³/mol. The van der Waals surface area contributed by atoms with E-state index in [4.69, 9.17) is 4.74 Å². The predicted octanol–water partition coefficient (Wildman–Crippen LogP) is 5.31. The van der Waals surface area contributed by atoms with Gasteiger partial charge in [-0.25, -0.2) is 4.39 Å². The van der Waals surface area contributed by atoms with Gasteiger partial charge in [-0.1, -0.05) is 24.3 Å². The fourth-order valence-corrected chi connectivity index (χ4v) is 5.25. The lowest BCUT2D eigenvalue weighted by Crippen LogP contribution is -2.52. The zero-order valence-electron chi connectivity index (χ0n) is 19.9. The summed E-state index contributed by atoms with van der Waals surface area (Å²) in [6, 6.07) is 15.4. The van der Waals surface area contributed by atoms with Gasteiger partial charge in [0.15, 0.2) is 0 Å². The third-order valence-corrected chi connectivity index (χ3v) is 7.17. The van der Waals surface area contributed by atoms with E-state index in [0.29, 0.717) is 6.54 Å². The molecule has 1 aliphatic heterocycles. The fourth-order valence-electron chi connectivity index (χ4n) is 4.35. The molecule has 3 aromatic rings. The van der Waals surface area contributed by atoms with Crippen LogP contribution >= 0.6 is 11.3 Å². The number of rotatable bonds is 5. The summed E-state index contributed by atoms with van der Waals surface area (Å²) in [5.74, 6) is -0.506. The van der Waals surface area contributed by atoms with Gasteiger partial charge in [0.05, 0.1) is 18.7 Å². The van der Waals surface area contributed by atoms with Crippen molar-refractivity contribution in [2.45, 2.75) is 38.8 Å². The molecule has 0 aliphatic carbocycles. The Balaban J connectivity index is 1.66. The van der Waals surface area contributed by atoms with Crippen molar-refractivity contribution in [2.75, 3.05) is 20.2 Å². The van der Waals surface area contributed by atoms with Gasteiger partial charge in [-0.3, -0.25) is 9.59 Å². The molecule has 0 saturated heterocycles. The number of nitrogens with zero attached hydrogens (tertiary/aromatic N) is 2. The molecule has 0 saturated carbocycles. The smallest absolute Gasteiger partial charge is 0.257 e. The first kappa shape index (κ1) is 24.0. The number of fused-ring (bicyclic) bond motifs is 1. The molecular weight excluding hydrogens is 451 g/mol. The minimum Gasteiger partial charge on any atom is -0.497 e. The number of carbonyl (C=O) groups excluding carboxylic acids is 2. The molecule has 0 bridgehead atoms. The number of amides is 2. The summed E-state index contributed by atoms with van der Waals surface area (Å²) in [6.45, 7) is 5.98. The number of ether oxygens (including phenoxy) is 1. The van der Waals surface area contributed by atoms with Gasteiger partial charge in [0, 0.05) is 17.0 Å². The van der Waals surface area contributed by atoms with E-state index in [1.54, 1.807) is 30.6 Å². The van der Waals surface area contributed by atoms with Crippen LogP contribution in [0.1, 0.15) is 53.2 Å². The number of thiophene rings is 1. The van der Waals surface area contributed by atoms with E-state index in [1.807, 2.05) is 49.9 Å². The van der Waals surface area contributed by atoms with Crippen molar-refractivity contribution in [1.29, 1.82) is 0 Å². The lowest BCUT2D eigenvalue weighted by atomic mass is 9.93. The Kier molecular flexibility index (Phi) is 6.75. The molecule has 1 aromatic heterocycles. The highest BCUT2D eigenvalue weighted by molar-refractivity contribution is 7.10. The van der Waals surface area contributed by atoms with Gasteiger partial charge in [0.25, 0.3) is 5.91 Å². The number of hydrogen-bond donors (Lipinski definition) is 0. The molecular formula is C27H29FN2O3S. The maximum atomic E-state index is 14.4. The van der Waals surface area contributed by atoms with Crippen LogP contribution in [0.4, 0.5) is 4.39 Å². The van der Waals surface area contributed by atoms with Crippen LogP contribution in [0.25, 0.3) is 0 Å². The highest BCUT2D eigenvalue weighted by Crippen LogP contribution is 2.38. The van der Waals surface area contributed by atoms with Crippen LogP contribution in [0.5, 0.6) is 5.75 Å². The minimum absolute atomic E-state index is 0.0318. The Hall–Kier alpha value is -3.19. The highest BCUT2D eigenvalue weighted by atomic mass is 32.1. The molecule has 2 amide bonds. The molecule has 1 unspecified atom stereocenters. The van der Waals surface area contributed by atoms with Crippen molar-refractivity contribution in [2.24, 2.45) is 0 Å². The Morgan fingerprint density at radius 3 is 2.47 bits per heavy atom. The van der Waals surface area contributed by atoms with Gasteiger partial charge >= 0.3 is 0 Å². The molecule has 178 valence electrons. The summed E-state index contributed by atoms with van der Waals surface area (Å²) in [6.07, 6.45) is 0.766. The molecule has 4 rings (SSSR count). The Morgan fingerprint density at radius 1 is 1.12 bits per heavy atom. The van der Waals surface area contributed by atoms with Crippen LogP contribution in [0.15, 0.2) is 60.0 Å². The second kappa shape index (κ2) is 9.58. The molecule has 1 atom stereocenters. The van der Waals surface area contributed by atoms with E-state index in [-0.39, 0.29) is 24.1 Å². The van der Waals surface area contributed by atoms with E-state index in [0.717, 1.165) is 23.3 Å². The van der Waals surface area contributed by atoms with Crippen molar-refractivity contribution in [3.8, 4) is 5.75 Å². The Labute approximate surface area is 203 Å². The maximum absolute atomic E-state index is 14.4. The van der Waals surface area contributed by atoms with E-state index in [2.05, 4.69) is 11.4 Å². The van der Waals surface area contributed by atoms with Crippen molar-refractivity contribution in [3.63, 3.8) is 0 Å². The molecule has 0 radical (unpaired) electrons. The molecule has 5 nitrogen and oxygen atoms in total. The zero-order valence-corrected chi connectivity index (χ0v) is 20.7. The Bertz CT molecular complexity index is 1180. The van der Waals surface area contributed by atoms with E-state index in [9.17, 15) is 14.0 Å². The minimum atomic E-state index is -0.673. The summed E-state index contributed by atoms with van der Waals surface area (Å²) in [4.78, 5) is 31.6. The molecule has 7 heteroatoms. The van der Waals surface area contributed by atoms with Crippen molar-refractivity contribution < 1.29 is 18.7 Å².